The molecule has 1 aromatic carbocycles. The van der Waals surface area contributed by atoms with Gasteiger partial charge in [-0.15, -0.1) is 5.10 Å². The molecule has 4 aliphatic rings. The average Bonchev–Trinajstić information content (AvgIpc) is 3.47. The molecule has 1 aliphatic carbocycles. The third kappa shape index (κ3) is 2.67. The molecule has 3 fully saturated rings. The fraction of sp³-hybridized carbons (Fsp3) is 0.500. The van der Waals surface area contributed by atoms with Crippen LogP contribution < -0.4 is 4.74 Å². The zero-order valence-electron chi connectivity index (χ0n) is 16.9. The van der Waals surface area contributed by atoms with Gasteiger partial charge in [0.15, 0.2) is 0 Å². The van der Waals surface area contributed by atoms with Crippen LogP contribution in [0.1, 0.15) is 42.7 Å². The maximum absolute atomic E-state index is 9.53. The minimum absolute atomic E-state index is 0.0580. The largest absolute Gasteiger partial charge is 0.484 e. The number of benzene rings is 1. The number of pyridine rings is 1. The van der Waals surface area contributed by atoms with Gasteiger partial charge in [0.2, 0.25) is 0 Å². The molecule has 0 radical (unpaired) electrons. The zero-order chi connectivity index (χ0) is 20.3. The standard InChI is InChI=1S/C22H24N4O4/c1-14(20-8-26(25-24-20)21-10-22(11-21,12-27)29-13-21)30-16-2-3-19-18(6-16)17-4-5-28-9-15(17)7-23-19/h2-3,6-8,14,27H,4-5,9-13H2,1H3/t14-,21?,22?/m1/s1. The van der Waals surface area contributed by atoms with E-state index in [1.165, 1.54) is 5.56 Å². The normalized spacial score (nSPS) is 28.2. The number of rotatable bonds is 5. The Kier molecular flexibility index (Phi) is 3.93. The fourth-order valence-corrected chi connectivity index (χ4v) is 5.10. The topological polar surface area (TPSA) is 91.5 Å². The number of hydrogen-bond donors (Lipinski definition) is 1. The number of aliphatic hydroxyl groups is 1. The Hall–Kier alpha value is -2.55. The Morgan fingerprint density at radius 3 is 3.07 bits per heavy atom. The molecule has 7 rings (SSSR count). The molecule has 1 N–H and O–H groups in total. The van der Waals surface area contributed by atoms with Crippen LogP contribution in [0.15, 0.2) is 30.6 Å². The first-order valence-electron chi connectivity index (χ1n) is 10.4. The Morgan fingerprint density at radius 2 is 2.23 bits per heavy atom. The molecule has 3 aliphatic heterocycles. The Labute approximate surface area is 173 Å². The number of nitrogens with zero attached hydrogens (tertiary/aromatic N) is 4. The molecule has 8 heteroatoms. The van der Waals surface area contributed by atoms with Crippen molar-refractivity contribution in [1.82, 2.24) is 20.0 Å². The van der Waals surface area contributed by atoms with Crippen LogP contribution in [-0.4, -0.2) is 50.5 Å². The van der Waals surface area contributed by atoms with Gasteiger partial charge >= 0.3 is 0 Å². The van der Waals surface area contributed by atoms with Gasteiger partial charge in [-0.05, 0) is 42.7 Å². The minimum Gasteiger partial charge on any atom is -0.484 e. The summed E-state index contributed by atoms with van der Waals surface area (Å²) in [5.41, 5.74) is 3.65. The highest BCUT2D eigenvalue weighted by molar-refractivity contribution is 5.84. The lowest BCUT2D eigenvalue weighted by Gasteiger charge is -2.42. The van der Waals surface area contributed by atoms with Gasteiger partial charge in [-0.1, -0.05) is 5.21 Å². The van der Waals surface area contributed by atoms with Crippen LogP contribution in [-0.2, 0) is 28.0 Å². The van der Waals surface area contributed by atoms with Crippen molar-refractivity contribution < 1.29 is 19.3 Å². The van der Waals surface area contributed by atoms with E-state index in [-0.39, 0.29) is 23.9 Å². The smallest absolute Gasteiger partial charge is 0.141 e. The lowest BCUT2D eigenvalue weighted by Crippen LogP contribution is -2.52. The van der Waals surface area contributed by atoms with E-state index in [1.807, 2.05) is 36.1 Å². The average molecular weight is 408 g/mol. The molecule has 1 saturated carbocycles. The van der Waals surface area contributed by atoms with E-state index in [0.29, 0.717) is 13.2 Å². The maximum atomic E-state index is 9.53. The van der Waals surface area contributed by atoms with Gasteiger partial charge in [0.1, 0.15) is 17.5 Å². The summed E-state index contributed by atoms with van der Waals surface area (Å²) >= 11 is 0. The quantitative estimate of drug-likeness (QED) is 0.693. The molecular weight excluding hydrogens is 384 g/mol. The third-order valence-corrected chi connectivity index (χ3v) is 6.76. The first kappa shape index (κ1) is 18.2. The van der Waals surface area contributed by atoms with E-state index in [4.69, 9.17) is 14.2 Å². The molecule has 30 heavy (non-hydrogen) atoms. The number of aromatic nitrogens is 4. The molecule has 3 aromatic rings. The van der Waals surface area contributed by atoms with Crippen LogP contribution in [0.3, 0.4) is 0 Å². The van der Waals surface area contributed by atoms with Crippen LogP contribution in [0.5, 0.6) is 5.75 Å². The van der Waals surface area contributed by atoms with Crippen LogP contribution in [0.4, 0.5) is 0 Å². The molecule has 5 heterocycles. The van der Waals surface area contributed by atoms with E-state index in [0.717, 1.165) is 53.8 Å². The van der Waals surface area contributed by atoms with Crippen LogP contribution >= 0.6 is 0 Å². The summed E-state index contributed by atoms with van der Waals surface area (Å²) in [6.07, 6.45) is 6.07. The Balaban J connectivity index is 1.23. The summed E-state index contributed by atoms with van der Waals surface area (Å²) in [4.78, 5) is 4.55. The van der Waals surface area contributed by atoms with Crippen molar-refractivity contribution in [1.29, 1.82) is 0 Å². The summed E-state index contributed by atoms with van der Waals surface area (Å²) < 4.78 is 19.5. The zero-order valence-corrected chi connectivity index (χ0v) is 16.9. The van der Waals surface area contributed by atoms with Crippen LogP contribution in [0.25, 0.3) is 10.9 Å². The fourth-order valence-electron chi connectivity index (χ4n) is 5.10. The van der Waals surface area contributed by atoms with Crippen molar-refractivity contribution in [3.05, 3.63) is 47.4 Å². The van der Waals surface area contributed by atoms with E-state index >= 15 is 0 Å². The molecule has 2 bridgehead atoms. The molecule has 0 spiro atoms. The lowest BCUT2D eigenvalue weighted by atomic mass is 9.69. The molecule has 2 aromatic heterocycles. The summed E-state index contributed by atoms with van der Waals surface area (Å²) in [6, 6.07) is 6.02. The lowest BCUT2D eigenvalue weighted by molar-refractivity contribution is -0.0573. The second kappa shape index (κ2) is 6.47. The molecule has 2 saturated heterocycles. The second-order valence-corrected chi connectivity index (χ2v) is 8.80. The number of fused-ring (bicyclic) bond motifs is 4. The van der Waals surface area contributed by atoms with Crippen molar-refractivity contribution in [3.63, 3.8) is 0 Å². The second-order valence-electron chi connectivity index (χ2n) is 8.80. The predicted molar refractivity (Wildman–Crippen MR) is 107 cm³/mol. The monoisotopic (exact) mass is 408 g/mol. The SMILES string of the molecule is C[C@@H](Oc1ccc2ncc3c(c2c1)CCOC3)c1cn(C23COC(CO)(C2)C3)nn1. The number of aliphatic hydroxyl groups excluding tert-OH is 1. The van der Waals surface area contributed by atoms with Gasteiger partial charge in [-0.2, -0.15) is 0 Å². The summed E-state index contributed by atoms with van der Waals surface area (Å²) in [6.45, 7) is 3.96. The van der Waals surface area contributed by atoms with Crippen molar-refractivity contribution in [2.24, 2.45) is 0 Å². The van der Waals surface area contributed by atoms with Crippen molar-refractivity contribution in [2.75, 3.05) is 19.8 Å². The van der Waals surface area contributed by atoms with Gasteiger partial charge in [0.25, 0.3) is 0 Å². The number of ether oxygens (including phenoxy) is 3. The summed E-state index contributed by atoms with van der Waals surface area (Å²) in [7, 11) is 0. The van der Waals surface area contributed by atoms with E-state index in [1.54, 1.807) is 0 Å². The van der Waals surface area contributed by atoms with Crippen molar-refractivity contribution in [3.8, 4) is 5.75 Å². The number of hydrogen-bond acceptors (Lipinski definition) is 7. The van der Waals surface area contributed by atoms with Gasteiger partial charge in [0.05, 0.1) is 49.3 Å². The highest BCUT2D eigenvalue weighted by Crippen LogP contribution is 2.55. The molecule has 8 nitrogen and oxygen atoms in total. The summed E-state index contributed by atoms with van der Waals surface area (Å²) in [5, 5.41) is 19.3. The van der Waals surface area contributed by atoms with Crippen LogP contribution in [0.2, 0.25) is 0 Å². The maximum Gasteiger partial charge on any atom is 0.141 e. The van der Waals surface area contributed by atoms with Gasteiger partial charge in [0, 0.05) is 24.4 Å². The van der Waals surface area contributed by atoms with Crippen molar-refractivity contribution in [2.45, 2.75) is 50.0 Å². The van der Waals surface area contributed by atoms with E-state index < -0.39 is 0 Å². The van der Waals surface area contributed by atoms with E-state index in [2.05, 4.69) is 21.4 Å². The van der Waals surface area contributed by atoms with Crippen molar-refractivity contribution >= 4 is 10.9 Å². The third-order valence-electron chi connectivity index (χ3n) is 6.76. The Morgan fingerprint density at radius 1 is 1.33 bits per heavy atom. The van der Waals surface area contributed by atoms with Gasteiger partial charge in [-0.25, -0.2) is 4.68 Å². The summed E-state index contributed by atoms with van der Waals surface area (Å²) in [5.74, 6) is 0.788. The first-order valence-corrected chi connectivity index (χ1v) is 10.4. The molecule has 0 unspecified atom stereocenters. The molecule has 0 amide bonds. The Bertz CT molecular complexity index is 1120. The van der Waals surface area contributed by atoms with E-state index in [9.17, 15) is 5.11 Å². The van der Waals surface area contributed by atoms with Crippen LogP contribution in [0, 0.1) is 0 Å². The molecular formula is C22H24N4O4. The highest BCUT2D eigenvalue weighted by atomic mass is 16.5. The van der Waals surface area contributed by atoms with Gasteiger partial charge < -0.3 is 19.3 Å². The molecule has 1 atom stereocenters. The highest BCUT2D eigenvalue weighted by Gasteiger charge is 2.64. The van der Waals surface area contributed by atoms with Gasteiger partial charge in [-0.3, -0.25) is 4.98 Å². The minimum atomic E-state index is -0.377. The molecule has 156 valence electrons. The predicted octanol–water partition coefficient (Wildman–Crippen LogP) is 2.29. The first-order chi connectivity index (χ1) is 14.6.